The lowest BCUT2D eigenvalue weighted by Gasteiger charge is -2.29. The zero-order chi connectivity index (χ0) is 19.7. The molecule has 1 aliphatic rings. The van der Waals surface area contributed by atoms with Crippen molar-refractivity contribution in [3.05, 3.63) is 51.3 Å². The molecule has 0 saturated carbocycles. The van der Waals surface area contributed by atoms with Crippen molar-refractivity contribution in [2.75, 3.05) is 20.8 Å². The summed E-state index contributed by atoms with van der Waals surface area (Å²) in [5.74, 6) is 0.879. The van der Waals surface area contributed by atoms with Gasteiger partial charge in [-0.2, -0.15) is 0 Å². The van der Waals surface area contributed by atoms with Crippen LogP contribution in [0.15, 0.2) is 39.0 Å². The molecule has 0 radical (unpaired) electrons. The highest BCUT2D eigenvalue weighted by molar-refractivity contribution is 7.13. The zero-order valence-electron chi connectivity index (χ0n) is 15.5. The molecule has 0 N–H and O–H groups in total. The Bertz CT molecular complexity index is 1050. The molecule has 1 aliphatic heterocycles. The first-order valence-corrected chi connectivity index (χ1v) is 9.60. The van der Waals surface area contributed by atoms with Gasteiger partial charge >= 0.3 is 5.76 Å². The van der Waals surface area contributed by atoms with Gasteiger partial charge in [0.1, 0.15) is 6.54 Å². The predicted molar refractivity (Wildman–Crippen MR) is 103 cm³/mol. The fraction of sp³-hybridized carbons (Fsp3) is 0.316. The molecule has 3 aromatic rings. The third kappa shape index (κ3) is 3.29. The van der Waals surface area contributed by atoms with E-state index in [1.165, 1.54) is 15.9 Å². The van der Waals surface area contributed by atoms with Crippen molar-refractivity contribution in [2.24, 2.45) is 0 Å². The Hall–Kier alpha value is -3.07. The van der Waals surface area contributed by atoms with Crippen LogP contribution in [0.1, 0.15) is 11.1 Å². The summed E-state index contributed by atoms with van der Waals surface area (Å²) < 4.78 is 16.8. The Morgan fingerprint density at radius 3 is 2.68 bits per heavy atom. The van der Waals surface area contributed by atoms with Crippen LogP contribution in [0, 0.1) is 0 Å². The smallest absolute Gasteiger partial charge is 0.442 e. The number of ether oxygens (including phenoxy) is 2. The van der Waals surface area contributed by atoms with Crippen LogP contribution in [0.2, 0.25) is 0 Å². The van der Waals surface area contributed by atoms with Crippen molar-refractivity contribution in [3.8, 4) is 22.2 Å². The molecule has 2 aromatic heterocycles. The maximum Gasteiger partial charge on any atom is 0.442 e. The van der Waals surface area contributed by atoms with Gasteiger partial charge in [-0.15, -0.1) is 11.3 Å². The first-order chi connectivity index (χ1) is 13.6. The fourth-order valence-electron chi connectivity index (χ4n) is 3.32. The van der Waals surface area contributed by atoms with Gasteiger partial charge in [-0.3, -0.25) is 9.32 Å². The lowest BCUT2D eigenvalue weighted by molar-refractivity contribution is -0.132. The topological polar surface area (TPSA) is 86.8 Å². The van der Waals surface area contributed by atoms with Gasteiger partial charge in [0, 0.05) is 13.1 Å². The first kappa shape index (κ1) is 18.3. The number of aromatic nitrogens is 2. The highest BCUT2D eigenvalue weighted by Crippen LogP contribution is 2.33. The molecule has 0 saturated heterocycles. The summed E-state index contributed by atoms with van der Waals surface area (Å²) in [6.07, 6.45) is 0.706. The number of rotatable bonds is 5. The Morgan fingerprint density at radius 1 is 1.25 bits per heavy atom. The average Bonchev–Trinajstić information content (AvgIpc) is 3.36. The SMILES string of the molecule is COc1cc2c(cc1OC)CN(C(=O)Cn1c(-c3cccs3)noc1=O)CC2. The van der Waals surface area contributed by atoms with Gasteiger partial charge < -0.3 is 14.4 Å². The zero-order valence-corrected chi connectivity index (χ0v) is 16.3. The lowest BCUT2D eigenvalue weighted by Crippen LogP contribution is -2.39. The van der Waals surface area contributed by atoms with Crippen molar-refractivity contribution in [1.29, 1.82) is 0 Å². The van der Waals surface area contributed by atoms with Crippen LogP contribution in [0.4, 0.5) is 0 Å². The summed E-state index contributed by atoms with van der Waals surface area (Å²) in [5.41, 5.74) is 2.14. The largest absolute Gasteiger partial charge is 0.493 e. The molecule has 0 fully saturated rings. The predicted octanol–water partition coefficient (Wildman–Crippen LogP) is 2.17. The number of carbonyl (C=O) groups is 1. The van der Waals surface area contributed by atoms with Crippen molar-refractivity contribution in [2.45, 2.75) is 19.5 Å². The Balaban J connectivity index is 1.55. The van der Waals surface area contributed by atoms with Crippen LogP contribution in [-0.2, 0) is 24.3 Å². The van der Waals surface area contributed by atoms with Gasteiger partial charge in [-0.05, 0) is 41.1 Å². The maximum absolute atomic E-state index is 12.9. The van der Waals surface area contributed by atoms with E-state index in [2.05, 4.69) is 5.16 Å². The van der Waals surface area contributed by atoms with E-state index in [0.717, 1.165) is 16.0 Å². The van der Waals surface area contributed by atoms with Gasteiger partial charge in [-0.1, -0.05) is 11.2 Å². The van der Waals surface area contributed by atoms with E-state index < -0.39 is 5.76 Å². The molecule has 3 heterocycles. The highest BCUT2D eigenvalue weighted by atomic mass is 32.1. The molecule has 0 aliphatic carbocycles. The van der Waals surface area contributed by atoms with Gasteiger partial charge in [-0.25, -0.2) is 9.36 Å². The number of thiophene rings is 1. The standard InChI is InChI=1S/C19H19N3O5S/c1-25-14-8-12-5-6-21(10-13(12)9-15(14)26-2)17(23)11-22-18(20-27-19(22)24)16-4-3-7-28-16/h3-4,7-9H,5-6,10-11H2,1-2H3. The third-order valence-electron chi connectivity index (χ3n) is 4.79. The van der Waals surface area contributed by atoms with Crippen LogP contribution in [0.3, 0.4) is 0 Å². The second-order valence-corrected chi connectivity index (χ2v) is 7.32. The second-order valence-electron chi connectivity index (χ2n) is 6.38. The number of benzene rings is 1. The summed E-state index contributed by atoms with van der Waals surface area (Å²) >= 11 is 1.43. The number of nitrogens with zero attached hydrogens (tertiary/aromatic N) is 3. The molecule has 0 unspecified atom stereocenters. The van der Waals surface area contributed by atoms with E-state index in [4.69, 9.17) is 14.0 Å². The van der Waals surface area contributed by atoms with Crippen LogP contribution >= 0.6 is 11.3 Å². The lowest BCUT2D eigenvalue weighted by atomic mass is 9.98. The molecular formula is C19H19N3O5S. The van der Waals surface area contributed by atoms with E-state index in [-0.39, 0.29) is 12.5 Å². The molecule has 4 rings (SSSR count). The number of amides is 1. The molecule has 28 heavy (non-hydrogen) atoms. The molecule has 9 heteroatoms. The van der Waals surface area contributed by atoms with Gasteiger partial charge in [0.25, 0.3) is 0 Å². The Labute approximate surface area is 164 Å². The third-order valence-corrected chi connectivity index (χ3v) is 5.66. The van der Waals surface area contributed by atoms with E-state index >= 15 is 0 Å². The maximum atomic E-state index is 12.9. The van der Waals surface area contributed by atoms with Crippen molar-refractivity contribution in [1.82, 2.24) is 14.6 Å². The number of methoxy groups -OCH3 is 2. The fourth-order valence-corrected chi connectivity index (χ4v) is 4.04. The summed E-state index contributed by atoms with van der Waals surface area (Å²) in [6, 6.07) is 7.54. The number of hydrogen-bond donors (Lipinski definition) is 0. The molecule has 146 valence electrons. The minimum Gasteiger partial charge on any atom is -0.493 e. The molecule has 8 nitrogen and oxygen atoms in total. The number of fused-ring (bicyclic) bond motifs is 1. The summed E-state index contributed by atoms with van der Waals surface area (Å²) in [5, 5.41) is 5.70. The first-order valence-electron chi connectivity index (χ1n) is 8.72. The van der Waals surface area contributed by atoms with Crippen molar-refractivity contribution in [3.63, 3.8) is 0 Å². The van der Waals surface area contributed by atoms with Gasteiger partial charge in [0.15, 0.2) is 17.3 Å². The van der Waals surface area contributed by atoms with Crippen LogP contribution in [0.25, 0.3) is 10.7 Å². The average molecular weight is 401 g/mol. The monoisotopic (exact) mass is 401 g/mol. The summed E-state index contributed by atoms with van der Waals surface area (Å²) in [6.45, 7) is 0.900. The number of carbonyl (C=O) groups excluding carboxylic acids is 1. The quantitative estimate of drug-likeness (QED) is 0.651. The minimum absolute atomic E-state index is 0.113. The van der Waals surface area contributed by atoms with Gasteiger partial charge in [0.05, 0.1) is 19.1 Å². The Morgan fingerprint density at radius 2 is 2.00 bits per heavy atom. The highest BCUT2D eigenvalue weighted by Gasteiger charge is 2.25. The summed E-state index contributed by atoms with van der Waals surface area (Å²) in [4.78, 5) is 27.4. The van der Waals surface area contributed by atoms with E-state index in [1.807, 2.05) is 29.6 Å². The molecule has 0 bridgehead atoms. The molecule has 0 atom stereocenters. The molecule has 0 spiro atoms. The Kier molecular flexibility index (Phi) is 4.91. The molecular weight excluding hydrogens is 382 g/mol. The van der Waals surface area contributed by atoms with Gasteiger partial charge in [0.2, 0.25) is 5.91 Å². The number of hydrogen-bond acceptors (Lipinski definition) is 7. The minimum atomic E-state index is -0.638. The van der Waals surface area contributed by atoms with Crippen LogP contribution in [-0.4, -0.2) is 41.3 Å². The van der Waals surface area contributed by atoms with Crippen molar-refractivity contribution < 1.29 is 18.8 Å². The normalized spacial score (nSPS) is 13.3. The van der Waals surface area contributed by atoms with E-state index in [0.29, 0.717) is 36.8 Å². The van der Waals surface area contributed by atoms with Crippen LogP contribution in [0.5, 0.6) is 11.5 Å². The van der Waals surface area contributed by atoms with Crippen LogP contribution < -0.4 is 15.2 Å². The molecule has 1 amide bonds. The van der Waals surface area contributed by atoms with E-state index in [9.17, 15) is 9.59 Å². The molecule has 1 aromatic carbocycles. The summed E-state index contributed by atoms with van der Waals surface area (Å²) in [7, 11) is 3.19. The van der Waals surface area contributed by atoms with Crippen molar-refractivity contribution >= 4 is 17.2 Å². The van der Waals surface area contributed by atoms with E-state index in [1.54, 1.807) is 19.1 Å². The second kappa shape index (κ2) is 7.51.